The van der Waals surface area contributed by atoms with Gasteiger partial charge < -0.3 is 19.9 Å². The van der Waals surface area contributed by atoms with Gasteiger partial charge in [-0.05, 0) is 36.8 Å². The standard InChI is InChI=1S/C24H21Cl2F3N2O5S/c1-12-20(37-22(31-12)16-5-4-15(25)9-17(16)26)21(32)30-10-14-7-13(3-6-18(14)35-2)8-19(23(33)34)36-11-24(27,28)29/h3-7,9,19H,8,10-11H2,1-2H3,(H,30,32)(H,33,34). The Morgan fingerprint density at radius 3 is 2.54 bits per heavy atom. The van der Waals surface area contributed by atoms with Crippen LogP contribution in [0, 0.1) is 6.92 Å². The van der Waals surface area contributed by atoms with Gasteiger partial charge in [-0.3, -0.25) is 4.79 Å². The number of carboxylic acid groups (broad SMARTS) is 1. The zero-order chi connectivity index (χ0) is 27.3. The molecule has 0 bridgehead atoms. The highest BCUT2D eigenvalue weighted by molar-refractivity contribution is 7.17. The van der Waals surface area contributed by atoms with E-state index in [0.29, 0.717) is 48.1 Å². The molecular weight excluding hydrogens is 556 g/mol. The highest BCUT2D eigenvalue weighted by Gasteiger charge is 2.31. The van der Waals surface area contributed by atoms with Gasteiger partial charge in [-0.2, -0.15) is 13.2 Å². The van der Waals surface area contributed by atoms with E-state index in [1.165, 1.54) is 19.2 Å². The number of rotatable bonds is 10. The molecule has 37 heavy (non-hydrogen) atoms. The first-order valence-electron chi connectivity index (χ1n) is 10.7. The largest absolute Gasteiger partial charge is 0.496 e. The fraction of sp³-hybridized carbons (Fsp3) is 0.292. The minimum atomic E-state index is -4.66. The maximum absolute atomic E-state index is 12.9. The van der Waals surface area contributed by atoms with Crippen LogP contribution in [-0.4, -0.2) is 48.0 Å². The monoisotopic (exact) mass is 576 g/mol. The molecule has 198 valence electrons. The first kappa shape index (κ1) is 28.7. The van der Waals surface area contributed by atoms with Crippen molar-refractivity contribution in [3.05, 3.63) is 68.1 Å². The van der Waals surface area contributed by atoms with Crippen LogP contribution in [0.15, 0.2) is 36.4 Å². The Kier molecular flexibility index (Phi) is 9.41. The Bertz CT molecular complexity index is 1300. The summed E-state index contributed by atoms with van der Waals surface area (Å²) in [6.45, 7) is 0.0127. The van der Waals surface area contributed by atoms with Gasteiger partial charge in [-0.1, -0.05) is 35.3 Å². The predicted octanol–water partition coefficient (Wildman–Crippen LogP) is 5.94. The molecule has 0 saturated carbocycles. The summed E-state index contributed by atoms with van der Waals surface area (Å²) in [5, 5.41) is 13.4. The van der Waals surface area contributed by atoms with Crippen molar-refractivity contribution in [1.29, 1.82) is 0 Å². The van der Waals surface area contributed by atoms with E-state index < -0.39 is 30.8 Å². The number of benzene rings is 2. The summed E-state index contributed by atoms with van der Waals surface area (Å²) >= 11 is 13.4. The van der Waals surface area contributed by atoms with Gasteiger partial charge in [0.05, 0.1) is 17.8 Å². The van der Waals surface area contributed by atoms with Gasteiger partial charge in [-0.15, -0.1) is 11.3 Å². The molecule has 7 nitrogen and oxygen atoms in total. The zero-order valence-electron chi connectivity index (χ0n) is 19.5. The number of thiazole rings is 1. The van der Waals surface area contributed by atoms with E-state index in [1.807, 2.05) is 0 Å². The third kappa shape index (κ3) is 7.81. The number of nitrogens with one attached hydrogen (secondary N) is 1. The van der Waals surface area contributed by atoms with Gasteiger partial charge in [0, 0.05) is 29.1 Å². The Labute approximate surface area is 224 Å². The SMILES string of the molecule is COc1ccc(CC(OCC(F)(F)F)C(=O)O)cc1CNC(=O)c1sc(-c2ccc(Cl)cc2Cl)nc1C. The number of carbonyl (C=O) groups is 2. The molecule has 0 radical (unpaired) electrons. The van der Waals surface area contributed by atoms with Crippen molar-refractivity contribution in [2.45, 2.75) is 32.2 Å². The van der Waals surface area contributed by atoms with Crippen LogP contribution in [0.4, 0.5) is 13.2 Å². The molecule has 1 atom stereocenters. The number of aryl methyl sites for hydroxylation is 1. The summed E-state index contributed by atoms with van der Waals surface area (Å²) < 4.78 is 47.3. The van der Waals surface area contributed by atoms with Gasteiger partial charge in [0.2, 0.25) is 0 Å². The number of halogens is 5. The Morgan fingerprint density at radius 1 is 1.19 bits per heavy atom. The summed E-state index contributed by atoms with van der Waals surface area (Å²) in [4.78, 5) is 29.1. The number of hydrogen-bond acceptors (Lipinski definition) is 6. The molecular formula is C24H21Cl2F3N2O5S. The summed E-state index contributed by atoms with van der Waals surface area (Å²) in [6, 6.07) is 9.57. The highest BCUT2D eigenvalue weighted by atomic mass is 35.5. The molecule has 0 aliphatic rings. The van der Waals surface area contributed by atoms with E-state index in [1.54, 1.807) is 31.2 Å². The number of alkyl halides is 3. The number of methoxy groups -OCH3 is 1. The molecule has 0 fully saturated rings. The quantitative estimate of drug-likeness (QED) is 0.310. The summed E-state index contributed by atoms with van der Waals surface area (Å²) in [7, 11) is 1.42. The summed E-state index contributed by atoms with van der Waals surface area (Å²) in [5.41, 5.74) is 2.02. The first-order valence-corrected chi connectivity index (χ1v) is 12.2. The molecule has 1 heterocycles. The smallest absolute Gasteiger partial charge is 0.411 e. The lowest BCUT2D eigenvalue weighted by Gasteiger charge is -2.17. The maximum atomic E-state index is 12.9. The number of amides is 1. The lowest BCUT2D eigenvalue weighted by atomic mass is 10.0. The zero-order valence-corrected chi connectivity index (χ0v) is 21.8. The lowest BCUT2D eigenvalue weighted by molar-refractivity contribution is -0.192. The predicted molar refractivity (Wildman–Crippen MR) is 134 cm³/mol. The van der Waals surface area contributed by atoms with Crippen molar-refractivity contribution in [1.82, 2.24) is 10.3 Å². The van der Waals surface area contributed by atoms with Crippen LogP contribution < -0.4 is 10.1 Å². The molecule has 1 aromatic heterocycles. The molecule has 0 saturated heterocycles. The van der Waals surface area contributed by atoms with Crippen LogP contribution in [-0.2, 0) is 22.5 Å². The fourth-order valence-corrected chi connectivity index (χ4v) is 4.94. The van der Waals surface area contributed by atoms with Gasteiger partial charge in [0.1, 0.15) is 22.2 Å². The molecule has 3 aromatic rings. The van der Waals surface area contributed by atoms with E-state index >= 15 is 0 Å². The average Bonchev–Trinajstić information content (AvgIpc) is 3.20. The number of nitrogens with zero attached hydrogens (tertiary/aromatic N) is 1. The molecule has 13 heteroatoms. The molecule has 1 amide bonds. The second-order valence-corrected chi connectivity index (χ2v) is 9.69. The van der Waals surface area contributed by atoms with Crippen LogP contribution in [0.1, 0.15) is 26.5 Å². The Hall–Kier alpha value is -2.86. The molecule has 0 spiro atoms. The number of carboxylic acids is 1. The second-order valence-electron chi connectivity index (χ2n) is 7.84. The van der Waals surface area contributed by atoms with Crippen molar-refractivity contribution >= 4 is 46.4 Å². The number of aromatic nitrogens is 1. The van der Waals surface area contributed by atoms with Crippen molar-refractivity contribution < 1.29 is 37.3 Å². The van der Waals surface area contributed by atoms with Gasteiger partial charge in [0.25, 0.3) is 5.91 Å². The Morgan fingerprint density at radius 2 is 1.92 bits per heavy atom. The van der Waals surface area contributed by atoms with Crippen molar-refractivity contribution in [2.24, 2.45) is 0 Å². The van der Waals surface area contributed by atoms with E-state index in [9.17, 15) is 27.9 Å². The van der Waals surface area contributed by atoms with E-state index in [-0.39, 0.29) is 13.0 Å². The van der Waals surface area contributed by atoms with Crippen LogP contribution >= 0.6 is 34.5 Å². The fourth-order valence-electron chi connectivity index (χ4n) is 3.36. The van der Waals surface area contributed by atoms with E-state index in [0.717, 1.165) is 11.3 Å². The van der Waals surface area contributed by atoms with Crippen molar-refractivity contribution in [3.63, 3.8) is 0 Å². The number of ether oxygens (including phenoxy) is 2. The molecule has 3 rings (SSSR count). The van der Waals surface area contributed by atoms with E-state index in [4.69, 9.17) is 27.9 Å². The lowest BCUT2D eigenvalue weighted by Crippen LogP contribution is -2.31. The van der Waals surface area contributed by atoms with Crippen molar-refractivity contribution in [2.75, 3.05) is 13.7 Å². The van der Waals surface area contributed by atoms with E-state index in [2.05, 4.69) is 15.0 Å². The normalized spacial score (nSPS) is 12.3. The average molecular weight is 577 g/mol. The molecule has 2 N–H and O–H groups in total. The highest BCUT2D eigenvalue weighted by Crippen LogP contribution is 2.34. The number of carbonyl (C=O) groups excluding carboxylic acids is 1. The maximum Gasteiger partial charge on any atom is 0.411 e. The van der Waals surface area contributed by atoms with Gasteiger partial charge in [0.15, 0.2) is 6.10 Å². The summed E-state index contributed by atoms with van der Waals surface area (Å²) in [6.07, 6.45) is -6.66. The van der Waals surface area contributed by atoms with Crippen LogP contribution in [0.25, 0.3) is 10.6 Å². The molecule has 2 aromatic carbocycles. The molecule has 0 aliphatic carbocycles. The van der Waals surface area contributed by atoms with Crippen molar-refractivity contribution in [3.8, 4) is 16.3 Å². The Balaban J connectivity index is 1.74. The molecule has 1 unspecified atom stereocenters. The third-order valence-electron chi connectivity index (χ3n) is 5.09. The first-order chi connectivity index (χ1) is 17.4. The number of hydrogen-bond donors (Lipinski definition) is 2. The second kappa shape index (κ2) is 12.1. The third-order valence-corrected chi connectivity index (χ3v) is 6.83. The topological polar surface area (TPSA) is 97.8 Å². The van der Waals surface area contributed by atoms with Gasteiger partial charge >= 0.3 is 12.1 Å². The minimum Gasteiger partial charge on any atom is -0.496 e. The van der Waals surface area contributed by atoms with Crippen LogP contribution in [0.5, 0.6) is 5.75 Å². The van der Waals surface area contributed by atoms with Crippen LogP contribution in [0.3, 0.4) is 0 Å². The van der Waals surface area contributed by atoms with Gasteiger partial charge in [-0.25, -0.2) is 9.78 Å². The molecule has 0 aliphatic heterocycles. The van der Waals surface area contributed by atoms with Crippen LogP contribution in [0.2, 0.25) is 10.0 Å². The number of aliphatic carboxylic acids is 1. The summed E-state index contributed by atoms with van der Waals surface area (Å²) in [5.74, 6) is -1.52. The minimum absolute atomic E-state index is 0.00532.